The molecule has 0 saturated carbocycles. The number of Topliss-reactive ketones (excluding diaryl/α,β-unsaturated/α-hetero) is 1. The number of carbonyl (C=O) groups is 5. The highest BCUT2D eigenvalue weighted by Gasteiger charge is 2.40. The molecule has 11 heteroatoms. The summed E-state index contributed by atoms with van der Waals surface area (Å²) >= 11 is 0. The van der Waals surface area contributed by atoms with Crippen LogP contribution in [-0.4, -0.2) is 84.6 Å². The lowest BCUT2D eigenvalue weighted by Crippen LogP contribution is -2.42. The molecule has 3 aromatic rings. The number of aromatic nitrogens is 1. The van der Waals surface area contributed by atoms with E-state index in [4.69, 9.17) is 20.4 Å². The summed E-state index contributed by atoms with van der Waals surface area (Å²) in [6.45, 7) is 6.67. The van der Waals surface area contributed by atoms with E-state index in [1.54, 1.807) is 0 Å². The highest BCUT2D eigenvalue weighted by atomic mass is 16.4. The van der Waals surface area contributed by atoms with E-state index in [1.807, 2.05) is 83.6 Å². The standard InChI is InChI=1S/C25H28N2O2.C6H8O7/c1-3-26(4-2)19-24(28)22(20-12-7-5-8-13-20)18-27-17-11-16-23(27)25(29)21-14-9-6-10-15-21;7-3(8)1-6(13,5(11)12)2-4(9)10/h5-17,22H,3-4,18-19H2,1-2H3;13H,1-2H2,(H,7,8)(H,9,10)(H,11,12). The van der Waals surface area contributed by atoms with Gasteiger partial charge in [-0.3, -0.25) is 24.1 Å². The number of hydrogen-bond donors (Lipinski definition) is 4. The second kappa shape index (κ2) is 16.0. The maximum Gasteiger partial charge on any atom is 0.336 e. The Kier molecular flexibility index (Phi) is 12.8. The minimum absolute atomic E-state index is 0.0291. The lowest BCUT2D eigenvalue weighted by Gasteiger charge is -2.23. The van der Waals surface area contributed by atoms with Crippen molar-refractivity contribution in [1.29, 1.82) is 0 Å². The molecule has 0 spiro atoms. The van der Waals surface area contributed by atoms with Crippen molar-refractivity contribution in [3.63, 3.8) is 0 Å². The van der Waals surface area contributed by atoms with E-state index in [1.165, 1.54) is 0 Å². The van der Waals surface area contributed by atoms with Gasteiger partial charge in [-0.25, -0.2) is 4.79 Å². The smallest absolute Gasteiger partial charge is 0.336 e. The number of likely N-dealkylation sites (N-methyl/N-ethyl adjacent to an activating group) is 1. The number of aliphatic hydroxyl groups is 1. The van der Waals surface area contributed by atoms with Crippen molar-refractivity contribution in [1.82, 2.24) is 9.47 Å². The Morgan fingerprint density at radius 1 is 0.786 bits per heavy atom. The van der Waals surface area contributed by atoms with Crippen molar-refractivity contribution in [3.8, 4) is 0 Å². The summed E-state index contributed by atoms with van der Waals surface area (Å²) in [5, 5.41) is 33.8. The molecule has 4 N–H and O–H groups in total. The van der Waals surface area contributed by atoms with Crippen molar-refractivity contribution in [2.75, 3.05) is 19.6 Å². The molecule has 3 rings (SSSR count). The van der Waals surface area contributed by atoms with Gasteiger partial charge in [-0.05, 0) is 30.8 Å². The van der Waals surface area contributed by atoms with Gasteiger partial charge in [0, 0.05) is 18.3 Å². The quantitative estimate of drug-likeness (QED) is 0.195. The highest BCUT2D eigenvalue weighted by Crippen LogP contribution is 2.22. The topological polar surface area (TPSA) is 174 Å². The molecule has 0 aliphatic carbocycles. The third-order valence-corrected chi connectivity index (χ3v) is 6.63. The first-order valence-electron chi connectivity index (χ1n) is 13.4. The zero-order valence-electron chi connectivity index (χ0n) is 23.6. The van der Waals surface area contributed by atoms with E-state index >= 15 is 0 Å². The molecule has 0 amide bonds. The first-order chi connectivity index (χ1) is 19.9. The number of carbonyl (C=O) groups excluding carboxylic acids is 2. The van der Waals surface area contributed by atoms with Crippen LogP contribution >= 0.6 is 0 Å². The van der Waals surface area contributed by atoms with Crippen molar-refractivity contribution in [2.45, 2.75) is 44.8 Å². The summed E-state index contributed by atoms with van der Waals surface area (Å²) in [5.41, 5.74) is -0.500. The number of aliphatic carboxylic acids is 3. The molecule has 0 bridgehead atoms. The summed E-state index contributed by atoms with van der Waals surface area (Å²) in [6, 6.07) is 22.8. The third kappa shape index (κ3) is 9.79. The Hall–Kier alpha value is -4.61. The van der Waals surface area contributed by atoms with E-state index in [0.29, 0.717) is 24.3 Å². The van der Waals surface area contributed by atoms with Crippen LogP contribution in [0.1, 0.15) is 54.2 Å². The summed E-state index contributed by atoms with van der Waals surface area (Å²) in [7, 11) is 0. The Labute approximate surface area is 243 Å². The van der Waals surface area contributed by atoms with Crippen LogP contribution in [-0.2, 0) is 25.7 Å². The van der Waals surface area contributed by atoms with Crippen molar-refractivity contribution in [2.24, 2.45) is 0 Å². The van der Waals surface area contributed by atoms with Crippen LogP contribution in [0.25, 0.3) is 0 Å². The molecule has 1 unspecified atom stereocenters. The Morgan fingerprint density at radius 3 is 1.79 bits per heavy atom. The molecular weight excluding hydrogens is 544 g/mol. The van der Waals surface area contributed by atoms with E-state index < -0.39 is 36.4 Å². The average Bonchev–Trinajstić information content (AvgIpc) is 3.42. The van der Waals surface area contributed by atoms with Gasteiger partial charge in [-0.15, -0.1) is 0 Å². The molecule has 0 radical (unpaired) electrons. The van der Waals surface area contributed by atoms with Crippen LogP contribution in [0.5, 0.6) is 0 Å². The molecule has 2 aromatic carbocycles. The van der Waals surface area contributed by atoms with Gasteiger partial charge in [-0.1, -0.05) is 74.5 Å². The van der Waals surface area contributed by atoms with Crippen LogP contribution in [0.15, 0.2) is 79.0 Å². The summed E-state index contributed by atoms with van der Waals surface area (Å²) < 4.78 is 1.91. The largest absolute Gasteiger partial charge is 0.481 e. The fraction of sp³-hybridized carbons (Fsp3) is 0.323. The minimum atomic E-state index is -2.74. The maximum absolute atomic E-state index is 13.2. The van der Waals surface area contributed by atoms with Crippen LogP contribution in [0.3, 0.4) is 0 Å². The molecule has 1 atom stereocenters. The maximum atomic E-state index is 13.2. The van der Waals surface area contributed by atoms with Gasteiger partial charge in [0.25, 0.3) is 0 Å². The first kappa shape index (κ1) is 33.6. The third-order valence-electron chi connectivity index (χ3n) is 6.63. The number of carboxylic acid groups (broad SMARTS) is 3. The highest BCUT2D eigenvalue weighted by molar-refractivity contribution is 6.08. The van der Waals surface area contributed by atoms with E-state index in [9.17, 15) is 24.0 Å². The zero-order valence-corrected chi connectivity index (χ0v) is 23.6. The first-order valence-corrected chi connectivity index (χ1v) is 13.4. The van der Waals surface area contributed by atoms with Crippen molar-refractivity contribution >= 4 is 29.5 Å². The summed E-state index contributed by atoms with van der Waals surface area (Å²) in [4.78, 5) is 58.8. The molecule has 0 fully saturated rings. The fourth-order valence-electron chi connectivity index (χ4n) is 4.28. The molecule has 42 heavy (non-hydrogen) atoms. The number of rotatable bonds is 15. The number of benzene rings is 2. The SMILES string of the molecule is CCN(CC)CC(=O)C(Cn1cccc1C(=O)c1ccccc1)c1ccccc1.O=C(O)CC(O)(CC(=O)O)C(=O)O. The monoisotopic (exact) mass is 580 g/mol. The van der Waals surface area contributed by atoms with Gasteiger partial charge in [0.15, 0.2) is 11.4 Å². The Balaban J connectivity index is 0.000000401. The molecule has 224 valence electrons. The molecule has 11 nitrogen and oxygen atoms in total. The lowest BCUT2D eigenvalue weighted by molar-refractivity contribution is -0.170. The number of nitrogens with zero attached hydrogens (tertiary/aromatic N) is 2. The molecule has 1 aromatic heterocycles. The number of carboxylic acids is 3. The Bertz CT molecular complexity index is 1330. The van der Waals surface area contributed by atoms with Crippen LogP contribution in [0, 0.1) is 0 Å². The second-order valence-corrected chi connectivity index (χ2v) is 9.61. The molecule has 0 aliphatic rings. The predicted octanol–water partition coefficient (Wildman–Crippen LogP) is 3.17. The number of hydrogen-bond acceptors (Lipinski definition) is 7. The second-order valence-electron chi connectivity index (χ2n) is 9.61. The number of ketones is 2. The van der Waals surface area contributed by atoms with Gasteiger partial charge in [0.2, 0.25) is 5.78 Å². The van der Waals surface area contributed by atoms with Crippen LogP contribution < -0.4 is 0 Å². The normalized spacial score (nSPS) is 11.7. The molecule has 0 saturated heterocycles. The van der Waals surface area contributed by atoms with Gasteiger partial charge in [0.1, 0.15) is 0 Å². The Morgan fingerprint density at radius 2 is 1.31 bits per heavy atom. The van der Waals surface area contributed by atoms with E-state index in [2.05, 4.69) is 18.7 Å². The van der Waals surface area contributed by atoms with Gasteiger partial charge < -0.3 is 25.0 Å². The van der Waals surface area contributed by atoms with Crippen LogP contribution in [0.2, 0.25) is 0 Å². The minimum Gasteiger partial charge on any atom is -0.481 e. The van der Waals surface area contributed by atoms with E-state index in [-0.39, 0.29) is 17.5 Å². The average molecular weight is 581 g/mol. The predicted molar refractivity (Wildman–Crippen MR) is 153 cm³/mol. The van der Waals surface area contributed by atoms with Crippen molar-refractivity contribution in [3.05, 3.63) is 95.8 Å². The lowest BCUT2D eigenvalue weighted by atomic mass is 9.93. The van der Waals surface area contributed by atoms with Crippen LogP contribution in [0.4, 0.5) is 0 Å². The summed E-state index contributed by atoms with van der Waals surface area (Å²) in [5.74, 6) is -5.17. The zero-order chi connectivity index (χ0) is 31.3. The van der Waals surface area contributed by atoms with E-state index in [0.717, 1.165) is 18.7 Å². The fourth-order valence-corrected chi connectivity index (χ4v) is 4.28. The molecule has 1 heterocycles. The van der Waals surface area contributed by atoms with Crippen molar-refractivity contribution < 1.29 is 44.4 Å². The van der Waals surface area contributed by atoms with Gasteiger partial charge in [-0.2, -0.15) is 0 Å². The molecule has 0 aliphatic heterocycles. The van der Waals surface area contributed by atoms with Gasteiger partial charge >= 0.3 is 17.9 Å². The molecular formula is C31H36N2O9. The van der Waals surface area contributed by atoms with Gasteiger partial charge in [0.05, 0.1) is 31.0 Å². The summed E-state index contributed by atoms with van der Waals surface area (Å²) in [6.07, 6.45) is -0.403.